The zero-order chi connectivity index (χ0) is 23.4. The first-order valence-electron chi connectivity index (χ1n) is 12.8. The van der Waals surface area contributed by atoms with Crippen molar-refractivity contribution < 1.29 is 0 Å². The summed E-state index contributed by atoms with van der Waals surface area (Å²) in [5, 5.41) is 0. The van der Waals surface area contributed by atoms with E-state index < -0.39 is 0 Å². The Labute approximate surface area is 224 Å². The quantitative estimate of drug-likeness (QED) is 0.332. The zero-order valence-corrected chi connectivity index (χ0v) is 23.7. The van der Waals surface area contributed by atoms with Crippen LogP contribution in [0.3, 0.4) is 0 Å². The minimum Gasteiger partial charge on any atom is -0.308 e. The van der Waals surface area contributed by atoms with Crippen molar-refractivity contribution in [2.24, 2.45) is 0 Å². The van der Waals surface area contributed by atoms with Crippen molar-refractivity contribution in [1.82, 2.24) is 24.3 Å². The molecule has 1 aliphatic rings. The van der Waals surface area contributed by atoms with Gasteiger partial charge in [0.1, 0.15) is 11.3 Å². The van der Waals surface area contributed by atoms with Crippen LogP contribution in [-0.4, -0.2) is 63.1 Å². The van der Waals surface area contributed by atoms with E-state index in [0.717, 1.165) is 35.6 Å². The van der Waals surface area contributed by atoms with Crippen molar-refractivity contribution in [3.63, 3.8) is 0 Å². The van der Waals surface area contributed by atoms with Crippen LogP contribution >= 0.6 is 24.8 Å². The van der Waals surface area contributed by atoms with Crippen LogP contribution in [0.25, 0.3) is 11.2 Å². The van der Waals surface area contributed by atoms with Gasteiger partial charge in [-0.15, -0.1) is 24.8 Å². The van der Waals surface area contributed by atoms with Crippen LogP contribution in [0.4, 0.5) is 0 Å². The SMILES string of the molecule is CCc1nc2c(C)cc(C)nc2n1Cc1ccc(CCCCN2CCN(C(C)C)CC2)cc1.Cl.Cl. The van der Waals surface area contributed by atoms with E-state index in [0.29, 0.717) is 6.04 Å². The van der Waals surface area contributed by atoms with Gasteiger partial charge in [-0.3, -0.25) is 4.90 Å². The van der Waals surface area contributed by atoms with Gasteiger partial charge in [0.2, 0.25) is 0 Å². The average Bonchev–Trinajstić information content (AvgIpc) is 3.15. The van der Waals surface area contributed by atoms with Crippen LogP contribution in [0.1, 0.15) is 61.8 Å². The van der Waals surface area contributed by atoms with E-state index >= 15 is 0 Å². The van der Waals surface area contributed by atoms with E-state index in [4.69, 9.17) is 9.97 Å². The third-order valence-electron chi connectivity index (χ3n) is 7.11. The number of piperazine rings is 1. The molecule has 194 valence electrons. The number of imidazole rings is 1. The average molecular weight is 521 g/mol. The van der Waals surface area contributed by atoms with Gasteiger partial charge in [-0.1, -0.05) is 31.2 Å². The van der Waals surface area contributed by atoms with Crippen LogP contribution in [0, 0.1) is 13.8 Å². The maximum atomic E-state index is 4.88. The van der Waals surface area contributed by atoms with Crippen LogP contribution < -0.4 is 0 Å². The van der Waals surface area contributed by atoms with Gasteiger partial charge in [0.25, 0.3) is 0 Å². The predicted octanol–water partition coefficient (Wildman–Crippen LogP) is 5.85. The second-order valence-electron chi connectivity index (χ2n) is 9.97. The largest absolute Gasteiger partial charge is 0.308 e. The molecular weight excluding hydrogens is 477 g/mol. The third-order valence-corrected chi connectivity index (χ3v) is 7.11. The fraction of sp³-hybridized carbons (Fsp3) is 0.571. The summed E-state index contributed by atoms with van der Waals surface area (Å²) in [6, 6.07) is 12.0. The first-order valence-corrected chi connectivity index (χ1v) is 12.8. The summed E-state index contributed by atoms with van der Waals surface area (Å²) in [7, 11) is 0. The van der Waals surface area contributed by atoms with E-state index in [1.54, 1.807) is 0 Å². The maximum Gasteiger partial charge on any atom is 0.160 e. The molecule has 3 heterocycles. The Morgan fingerprint density at radius 3 is 2.17 bits per heavy atom. The van der Waals surface area contributed by atoms with Gasteiger partial charge in [0.05, 0.1) is 6.54 Å². The van der Waals surface area contributed by atoms with E-state index in [2.05, 4.69) is 79.3 Å². The van der Waals surface area contributed by atoms with E-state index in [1.807, 2.05) is 0 Å². The molecule has 0 atom stereocenters. The molecule has 1 aliphatic heterocycles. The minimum atomic E-state index is 0. The van der Waals surface area contributed by atoms with Crippen molar-refractivity contribution in [1.29, 1.82) is 0 Å². The monoisotopic (exact) mass is 519 g/mol. The Bertz CT molecular complexity index is 1050. The Morgan fingerprint density at radius 2 is 1.54 bits per heavy atom. The van der Waals surface area contributed by atoms with Gasteiger partial charge in [0.15, 0.2) is 5.65 Å². The zero-order valence-electron chi connectivity index (χ0n) is 22.1. The molecule has 35 heavy (non-hydrogen) atoms. The van der Waals surface area contributed by atoms with Crippen molar-refractivity contribution >= 4 is 36.0 Å². The van der Waals surface area contributed by atoms with Crippen molar-refractivity contribution in [2.75, 3.05) is 32.7 Å². The smallest absolute Gasteiger partial charge is 0.160 e. The lowest BCUT2D eigenvalue weighted by Crippen LogP contribution is -2.48. The highest BCUT2D eigenvalue weighted by Gasteiger charge is 2.18. The summed E-state index contributed by atoms with van der Waals surface area (Å²) in [5.74, 6) is 1.12. The van der Waals surface area contributed by atoms with Gasteiger partial charge < -0.3 is 9.47 Å². The Morgan fingerprint density at radius 1 is 0.886 bits per heavy atom. The molecule has 0 spiro atoms. The standard InChI is InChI=1S/C28H41N5.2ClH/c1-6-26-30-27-22(4)19-23(5)29-28(27)33(26)20-25-12-10-24(11-13-25)9-7-8-14-31-15-17-32(18-16-31)21(2)3;;/h10-13,19,21H,6-9,14-18,20H2,1-5H3;2*1H. The van der Waals surface area contributed by atoms with Gasteiger partial charge in [-0.05, 0) is 76.3 Å². The van der Waals surface area contributed by atoms with Gasteiger partial charge in [-0.25, -0.2) is 9.97 Å². The lowest BCUT2D eigenvalue weighted by Gasteiger charge is -2.36. The van der Waals surface area contributed by atoms with Gasteiger partial charge in [0, 0.05) is 44.3 Å². The number of nitrogens with zero attached hydrogens (tertiary/aromatic N) is 5. The number of unbranched alkanes of at least 4 members (excludes halogenated alkanes) is 1. The van der Waals surface area contributed by atoms with Crippen molar-refractivity contribution in [3.05, 3.63) is 58.5 Å². The number of benzene rings is 1. The summed E-state index contributed by atoms with van der Waals surface area (Å²) in [5.41, 5.74) is 7.09. The molecule has 1 saturated heterocycles. The van der Waals surface area contributed by atoms with Crippen molar-refractivity contribution in [3.8, 4) is 0 Å². The first-order chi connectivity index (χ1) is 15.9. The van der Waals surface area contributed by atoms with Gasteiger partial charge in [-0.2, -0.15) is 0 Å². The molecule has 0 radical (unpaired) electrons. The molecule has 0 N–H and O–H groups in total. The number of halogens is 2. The lowest BCUT2D eigenvalue weighted by molar-refractivity contribution is 0.107. The van der Waals surface area contributed by atoms with Crippen molar-refractivity contribution in [2.45, 2.75) is 72.9 Å². The number of rotatable bonds is 9. The fourth-order valence-electron chi connectivity index (χ4n) is 5.05. The second kappa shape index (κ2) is 13.6. The molecule has 3 aromatic rings. The molecule has 0 amide bonds. The first kappa shape index (κ1) is 29.6. The van der Waals surface area contributed by atoms with Crippen LogP contribution in [0.5, 0.6) is 0 Å². The van der Waals surface area contributed by atoms with E-state index in [-0.39, 0.29) is 24.8 Å². The summed E-state index contributed by atoms with van der Waals surface area (Å²) in [6.45, 7) is 17.9. The van der Waals surface area contributed by atoms with Gasteiger partial charge >= 0.3 is 0 Å². The molecule has 0 unspecified atom stereocenters. The summed E-state index contributed by atoms with van der Waals surface area (Å²) >= 11 is 0. The van der Waals surface area contributed by atoms with Crippen LogP contribution in [0.2, 0.25) is 0 Å². The fourth-order valence-corrected chi connectivity index (χ4v) is 5.05. The molecule has 1 fully saturated rings. The maximum absolute atomic E-state index is 4.88. The molecule has 0 bridgehead atoms. The van der Waals surface area contributed by atoms with Crippen LogP contribution in [0.15, 0.2) is 30.3 Å². The number of fused-ring (bicyclic) bond motifs is 1. The topological polar surface area (TPSA) is 37.2 Å². The normalized spacial score (nSPS) is 14.8. The highest BCUT2D eigenvalue weighted by molar-refractivity contribution is 5.85. The Hall–Kier alpha value is -1.66. The molecule has 7 heteroatoms. The van der Waals surface area contributed by atoms with E-state index in [9.17, 15) is 0 Å². The molecule has 2 aromatic heterocycles. The number of hydrogen-bond donors (Lipinski definition) is 0. The summed E-state index contributed by atoms with van der Waals surface area (Å²) in [6.07, 6.45) is 4.63. The molecular formula is C28H43Cl2N5. The highest BCUT2D eigenvalue weighted by Crippen LogP contribution is 2.21. The Kier molecular flexibility index (Phi) is 11.5. The second-order valence-corrected chi connectivity index (χ2v) is 9.97. The highest BCUT2D eigenvalue weighted by atomic mass is 35.5. The molecule has 5 nitrogen and oxygen atoms in total. The minimum absolute atomic E-state index is 0. The Balaban J connectivity index is 0.00000216. The molecule has 0 aliphatic carbocycles. The third kappa shape index (κ3) is 7.42. The lowest BCUT2D eigenvalue weighted by atomic mass is 10.1. The molecule has 4 rings (SSSR count). The van der Waals surface area contributed by atoms with E-state index in [1.165, 1.54) is 68.7 Å². The molecule has 0 saturated carbocycles. The number of hydrogen-bond acceptors (Lipinski definition) is 4. The predicted molar refractivity (Wildman–Crippen MR) is 153 cm³/mol. The number of pyridine rings is 1. The van der Waals surface area contributed by atoms with Crippen LogP contribution in [-0.2, 0) is 19.4 Å². The molecule has 1 aromatic carbocycles. The number of aromatic nitrogens is 3. The summed E-state index contributed by atoms with van der Waals surface area (Å²) in [4.78, 5) is 14.9. The number of aryl methyl sites for hydroxylation is 4. The summed E-state index contributed by atoms with van der Waals surface area (Å²) < 4.78 is 2.30.